The lowest BCUT2D eigenvalue weighted by atomic mass is 10.0. The normalized spacial score (nSPS) is 18.1. The van der Waals surface area contributed by atoms with Crippen molar-refractivity contribution >= 4 is 5.91 Å². The number of hydrogen-bond acceptors (Lipinski definition) is 6. The topological polar surface area (TPSA) is 77.7 Å². The first-order valence-electron chi connectivity index (χ1n) is 9.80. The lowest BCUT2D eigenvalue weighted by molar-refractivity contribution is 0.0561. The molecule has 7 heteroatoms. The molecular weight excluding hydrogens is 370 g/mol. The Bertz CT molecular complexity index is 1060. The van der Waals surface area contributed by atoms with Gasteiger partial charge in [0.15, 0.2) is 11.5 Å². The molecule has 1 saturated heterocycles. The van der Waals surface area contributed by atoms with E-state index in [1.165, 1.54) is 0 Å². The molecule has 1 amide bonds. The molecule has 5 rings (SSSR count). The molecule has 2 aromatic carbocycles. The monoisotopic (exact) mass is 391 g/mol. The van der Waals surface area contributed by atoms with Gasteiger partial charge in [0.25, 0.3) is 5.91 Å². The summed E-state index contributed by atoms with van der Waals surface area (Å²) in [7, 11) is 0. The lowest BCUT2D eigenvalue weighted by Gasteiger charge is -2.33. The third-order valence-corrected chi connectivity index (χ3v) is 5.39. The van der Waals surface area contributed by atoms with Crippen molar-refractivity contribution in [2.75, 3.05) is 13.3 Å². The van der Waals surface area contributed by atoms with Crippen molar-refractivity contribution in [1.82, 2.24) is 15.0 Å². The van der Waals surface area contributed by atoms with E-state index in [2.05, 4.69) is 10.1 Å². The Morgan fingerprint density at radius 2 is 2.00 bits per heavy atom. The number of nitrogens with zero attached hydrogens (tertiary/aromatic N) is 3. The first kappa shape index (κ1) is 17.7. The molecule has 2 aliphatic rings. The molecule has 1 atom stereocenters. The quantitative estimate of drug-likeness (QED) is 0.668. The Hall–Kier alpha value is -3.35. The molecule has 0 aliphatic carbocycles. The summed E-state index contributed by atoms with van der Waals surface area (Å²) >= 11 is 0. The molecule has 0 radical (unpaired) electrons. The summed E-state index contributed by atoms with van der Waals surface area (Å²) in [6.07, 6.45) is 2.76. The summed E-state index contributed by atoms with van der Waals surface area (Å²) in [5, 5.41) is 4.16. The van der Waals surface area contributed by atoms with Crippen LogP contribution in [0.15, 0.2) is 47.0 Å². The second kappa shape index (κ2) is 7.24. The van der Waals surface area contributed by atoms with Gasteiger partial charge in [0.1, 0.15) is 6.04 Å². The van der Waals surface area contributed by atoms with Gasteiger partial charge in [0.2, 0.25) is 18.5 Å². The van der Waals surface area contributed by atoms with Crippen LogP contribution in [0.3, 0.4) is 0 Å². The number of rotatable bonds is 3. The third kappa shape index (κ3) is 3.33. The van der Waals surface area contributed by atoms with E-state index in [1.807, 2.05) is 36.1 Å². The van der Waals surface area contributed by atoms with Gasteiger partial charge in [0, 0.05) is 17.7 Å². The zero-order valence-corrected chi connectivity index (χ0v) is 16.1. The molecule has 0 bridgehead atoms. The molecule has 0 N–H and O–H groups in total. The van der Waals surface area contributed by atoms with Crippen molar-refractivity contribution in [2.45, 2.75) is 32.2 Å². The fraction of sp³-hybridized carbons (Fsp3) is 0.318. The van der Waals surface area contributed by atoms with Gasteiger partial charge in [-0.1, -0.05) is 28.9 Å². The minimum absolute atomic E-state index is 0.0664. The Morgan fingerprint density at radius 3 is 2.90 bits per heavy atom. The minimum atomic E-state index is -0.229. The smallest absolute Gasteiger partial charge is 0.254 e. The van der Waals surface area contributed by atoms with E-state index in [0.717, 1.165) is 30.4 Å². The first-order chi connectivity index (χ1) is 14.2. The van der Waals surface area contributed by atoms with Crippen LogP contribution in [0.1, 0.15) is 47.1 Å². The first-order valence-corrected chi connectivity index (χ1v) is 9.80. The Kier molecular flexibility index (Phi) is 4.42. The number of hydrogen-bond donors (Lipinski definition) is 0. The standard InChI is InChI=1S/C22H21N3O4/c1-14-5-4-6-15(11-14)20-23-21(29-24-20)17-7-2-3-10-25(17)22(26)16-8-9-18-19(12-16)28-13-27-18/h4-6,8-9,11-12,17H,2-3,7,10,13H2,1H3. The van der Waals surface area contributed by atoms with Crippen LogP contribution in [0, 0.1) is 6.92 Å². The average molecular weight is 391 g/mol. The van der Waals surface area contributed by atoms with Crippen LogP contribution in [0.5, 0.6) is 11.5 Å². The molecule has 3 heterocycles. The maximum atomic E-state index is 13.2. The molecule has 148 valence electrons. The van der Waals surface area contributed by atoms with E-state index in [1.54, 1.807) is 18.2 Å². The van der Waals surface area contributed by atoms with Crippen LogP contribution < -0.4 is 9.47 Å². The maximum Gasteiger partial charge on any atom is 0.254 e. The van der Waals surface area contributed by atoms with Crippen molar-refractivity contribution < 1.29 is 18.8 Å². The second-order valence-corrected chi connectivity index (χ2v) is 7.40. The number of carbonyl (C=O) groups excluding carboxylic acids is 1. The maximum absolute atomic E-state index is 13.2. The molecule has 1 unspecified atom stereocenters. The zero-order chi connectivity index (χ0) is 19.8. The highest BCUT2D eigenvalue weighted by atomic mass is 16.7. The fourth-order valence-corrected chi connectivity index (χ4v) is 3.90. The van der Waals surface area contributed by atoms with E-state index >= 15 is 0 Å². The van der Waals surface area contributed by atoms with E-state index in [9.17, 15) is 4.79 Å². The number of amides is 1. The Labute approximate surface area is 168 Å². The van der Waals surface area contributed by atoms with Gasteiger partial charge < -0.3 is 18.9 Å². The highest BCUT2D eigenvalue weighted by Gasteiger charge is 2.33. The molecule has 29 heavy (non-hydrogen) atoms. The van der Waals surface area contributed by atoms with Crippen LogP contribution in [0.25, 0.3) is 11.4 Å². The van der Waals surface area contributed by atoms with Crippen LogP contribution in [0.4, 0.5) is 0 Å². The van der Waals surface area contributed by atoms with Gasteiger partial charge in [-0.15, -0.1) is 0 Å². The molecule has 1 aromatic heterocycles. The fourth-order valence-electron chi connectivity index (χ4n) is 3.90. The highest BCUT2D eigenvalue weighted by Crippen LogP contribution is 2.36. The predicted molar refractivity (Wildman–Crippen MR) is 105 cm³/mol. The van der Waals surface area contributed by atoms with Crippen molar-refractivity contribution in [3.63, 3.8) is 0 Å². The summed E-state index contributed by atoms with van der Waals surface area (Å²) in [6.45, 7) is 2.86. The van der Waals surface area contributed by atoms with E-state index in [-0.39, 0.29) is 18.7 Å². The number of fused-ring (bicyclic) bond motifs is 1. The van der Waals surface area contributed by atoms with Gasteiger partial charge in [-0.2, -0.15) is 4.98 Å². The van der Waals surface area contributed by atoms with E-state index < -0.39 is 0 Å². The number of aromatic nitrogens is 2. The second-order valence-electron chi connectivity index (χ2n) is 7.40. The minimum Gasteiger partial charge on any atom is -0.454 e. The van der Waals surface area contributed by atoms with Gasteiger partial charge in [-0.25, -0.2) is 0 Å². The van der Waals surface area contributed by atoms with Gasteiger partial charge in [-0.3, -0.25) is 4.79 Å². The van der Waals surface area contributed by atoms with Gasteiger partial charge >= 0.3 is 0 Å². The number of likely N-dealkylation sites (tertiary alicyclic amines) is 1. The Balaban J connectivity index is 1.42. The third-order valence-electron chi connectivity index (χ3n) is 5.39. The molecule has 1 fully saturated rings. The molecular formula is C22H21N3O4. The van der Waals surface area contributed by atoms with Crippen molar-refractivity contribution in [2.24, 2.45) is 0 Å². The van der Waals surface area contributed by atoms with Crippen LogP contribution >= 0.6 is 0 Å². The number of aryl methyl sites for hydroxylation is 1. The largest absolute Gasteiger partial charge is 0.454 e. The number of ether oxygens (including phenoxy) is 2. The highest BCUT2D eigenvalue weighted by molar-refractivity contribution is 5.95. The van der Waals surface area contributed by atoms with Gasteiger partial charge in [-0.05, 0) is 50.5 Å². The molecule has 0 saturated carbocycles. The Morgan fingerprint density at radius 1 is 1.10 bits per heavy atom. The predicted octanol–water partition coefficient (Wildman–Crippen LogP) is 4.14. The van der Waals surface area contributed by atoms with Crippen LogP contribution in [-0.2, 0) is 0 Å². The van der Waals surface area contributed by atoms with Crippen LogP contribution in [-0.4, -0.2) is 34.3 Å². The molecule has 3 aromatic rings. The number of benzene rings is 2. The van der Waals surface area contributed by atoms with Crippen molar-refractivity contribution in [3.8, 4) is 22.9 Å². The van der Waals surface area contributed by atoms with Crippen molar-refractivity contribution in [1.29, 1.82) is 0 Å². The summed E-state index contributed by atoms with van der Waals surface area (Å²) < 4.78 is 16.3. The summed E-state index contributed by atoms with van der Waals surface area (Å²) in [6, 6.07) is 13.0. The number of piperidine rings is 1. The molecule has 2 aliphatic heterocycles. The zero-order valence-electron chi connectivity index (χ0n) is 16.1. The summed E-state index contributed by atoms with van der Waals surface area (Å²) in [5.74, 6) is 2.23. The van der Waals surface area contributed by atoms with E-state index in [4.69, 9.17) is 14.0 Å². The summed E-state index contributed by atoms with van der Waals surface area (Å²) in [4.78, 5) is 19.7. The lowest BCUT2D eigenvalue weighted by Crippen LogP contribution is -2.38. The van der Waals surface area contributed by atoms with Crippen molar-refractivity contribution in [3.05, 3.63) is 59.5 Å². The summed E-state index contributed by atoms with van der Waals surface area (Å²) in [5.41, 5.74) is 2.61. The number of carbonyl (C=O) groups is 1. The molecule has 7 nitrogen and oxygen atoms in total. The van der Waals surface area contributed by atoms with E-state index in [0.29, 0.717) is 35.3 Å². The van der Waals surface area contributed by atoms with Gasteiger partial charge in [0.05, 0.1) is 0 Å². The average Bonchev–Trinajstić information content (AvgIpc) is 3.42. The SMILES string of the molecule is Cc1cccc(-c2noc(C3CCCCN3C(=O)c3ccc4c(c3)OCO4)n2)c1. The molecule has 0 spiro atoms. The van der Waals surface area contributed by atoms with Crippen LogP contribution in [0.2, 0.25) is 0 Å².